The number of halogens is 2. The molecule has 0 aromatic heterocycles. The van der Waals surface area contributed by atoms with Gasteiger partial charge >= 0.3 is 0 Å². The molecule has 0 atom stereocenters. The summed E-state index contributed by atoms with van der Waals surface area (Å²) in [5, 5.41) is 12.0. The van der Waals surface area contributed by atoms with E-state index >= 15 is 0 Å². The molecule has 1 aliphatic heterocycles. The number of methoxy groups -OCH3 is 1. The fraction of sp³-hybridized carbons (Fsp3) is 0.278. The van der Waals surface area contributed by atoms with Crippen LogP contribution in [0.25, 0.3) is 0 Å². The molecule has 0 saturated carbocycles. The molecule has 1 aliphatic rings. The van der Waals surface area contributed by atoms with Crippen molar-refractivity contribution in [2.75, 3.05) is 38.7 Å². The predicted molar refractivity (Wildman–Crippen MR) is 104 cm³/mol. The summed E-state index contributed by atoms with van der Waals surface area (Å²) in [5.41, 5.74) is -0.272. The van der Waals surface area contributed by atoms with Gasteiger partial charge in [0.1, 0.15) is 22.2 Å². The number of phenols is 1. The summed E-state index contributed by atoms with van der Waals surface area (Å²) in [5.74, 6) is -2.14. The molecule has 1 heterocycles. The first-order valence-electron chi connectivity index (χ1n) is 8.49. The number of morpholine rings is 1. The molecule has 29 heavy (non-hydrogen) atoms. The minimum atomic E-state index is -3.90. The summed E-state index contributed by atoms with van der Waals surface area (Å²) in [6.07, 6.45) is 0. The molecule has 1 fully saturated rings. The maximum absolute atomic E-state index is 13.5. The minimum absolute atomic E-state index is 0.103. The standard InChI is InChI=1S/C18H18ClFN2O6S/c1-27-15-3-2-12(10-16(15)29(25,26)22-4-6-28-7-5-22)21-18(24)13-8-11(20)9-14(19)17(13)23/h2-3,8-10,23H,4-7H2,1H3,(H,21,24). The molecule has 0 aliphatic carbocycles. The van der Waals surface area contributed by atoms with Crippen molar-refractivity contribution in [1.29, 1.82) is 0 Å². The molecule has 8 nitrogen and oxygen atoms in total. The van der Waals surface area contributed by atoms with Gasteiger partial charge in [0.2, 0.25) is 10.0 Å². The van der Waals surface area contributed by atoms with Crippen molar-refractivity contribution in [2.45, 2.75) is 4.90 Å². The van der Waals surface area contributed by atoms with Gasteiger partial charge in [0.15, 0.2) is 0 Å². The average Bonchev–Trinajstić information content (AvgIpc) is 2.71. The van der Waals surface area contributed by atoms with Crippen molar-refractivity contribution in [3.8, 4) is 11.5 Å². The Kier molecular flexibility index (Phi) is 6.27. The fourth-order valence-electron chi connectivity index (χ4n) is 2.82. The number of sulfonamides is 1. The van der Waals surface area contributed by atoms with Gasteiger partial charge in [0.05, 0.1) is 30.9 Å². The zero-order valence-corrected chi connectivity index (χ0v) is 16.9. The molecule has 1 amide bonds. The average molecular weight is 445 g/mol. The lowest BCUT2D eigenvalue weighted by molar-refractivity contribution is 0.0729. The number of benzene rings is 2. The molecular formula is C18H18ClFN2O6S. The van der Waals surface area contributed by atoms with E-state index in [1.807, 2.05) is 0 Å². The molecule has 0 radical (unpaired) electrons. The number of nitrogens with one attached hydrogen (secondary N) is 1. The van der Waals surface area contributed by atoms with Gasteiger partial charge in [-0.2, -0.15) is 4.31 Å². The van der Waals surface area contributed by atoms with Crippen LogP contribution in [0.2, 0.25) is 5.02 Å². The summed E-state index contributed by atoms with van der Waals surface area (Å²) in [4.78, 5) is 12.3. The van der Waals surface area contributed by atoms with Crippen molar-refractivity contribution < 1.29 is 32.2 Å². The Balaban J connectivity index is 1.94. The van der Waals surface area contributed by atoms with Gasteiger partial charge in [-0.3, -0.25) is 4.79 Å². The quantitative estimate of drug-likeness (QED) is 0.734. The van der Waals surface area contributed by atoms with E-state index in [-0.39, 0.29) is 53.2 Å². The lowest BCUT2D eigenvalue weighted by Crippen LogP contribution is -2.40. The molecular weight excluding hydrogens is 427 g/mol. The third-order valence-corrected chi connectivity index (χ3v) is 6.49. The molecule has 2 aromatic rings. The molecule has 0 bridgehead atoms. The molecule has 156 valence electrons. The molecule has 11 heteroatoms. The Morgan fingerprint density at radius 2 is 1.97 bits per heavy atom. The van der Waals surface area contributed by atoms with Crippen LogP contribution in [0.3, 0.4) is 0 Å². The lowest BCUT2D eigenvalue weighted by Gasteiger charge is -2.26. The van der Waals surface area contributed by atoms with E-state index in [4.69, 9.17) is 21.1 Å². The van der Waals surface area contributed by atoms with Crippen molar-refractivity contribution in [2.24, 2.45) is 0 Å². The van der Waals surface area contributed by atoms with Crippen LogP contribution in [0, 0.1) is 5.82 Å². The van der Waals surface area contributed by atoms with Crippen molar-refractivity contribution in [3.63, 3.8) is 0 Å². The molecule has 3 rings (SSSR count). The third kappa shape index (κ3) is 4.45. The van der Waals surface area contributed by atoms with Gasteiger partial charge < -0.3 is 19.9 Å². The van der Waals surface area contributed by atoms with Crippen LogP contribution >= 0.6 is 11.6 Å². The number of hydrogen-bond acceptors (Lipinski definition) is 6. The Morgan fingerprint density at radius 3 is 2.62 bits per heavy atom. The SMILES string of the molecule is COc1ccc(NC(=O)c2cc(F)cc(Cl)c2O)cc1S(=O)(=O)N1CCOCC1. The van der Waals surface area contributed by atoms with E-state index in [0.29, 0.717) is 0 Å². The zero-order valence-electron chi connectivity index (χ0n) is 15.3. The van der Waals surface area contributed by atoms with E-state index < -0.39 is 27.5 Å². The van der Waals surface area contributed by atoms with Crippen LogP contribution in [-0.4, -0.2) is 57.1 Å². The van der Waals surface area contributed by atoms with Gasteiger partial charge in [-0.25, -0.2) is 12.8 Å². The second-order valence-corrected chi connectivity index (χ2v) is 8.43. The highest BCUT2D eigenvalue weighted by Gasteiger charge is 2.30. The first-order valence-corrected chi connectivity index (χ1v) is 10.3. The fourth-order valence-corrected chi connectivity index (χ4v) is 4.62. The highest BCUT2D eigenvalue weighted by atomic mass is 35.5. The maximum Gasteiger partial charge on any atom is 0.259 e. The normalized spacial score (nSPS) is 15.1. The Labute approximate surface area is 171 Å². The number of ether oxygens (including phenoxy) is 2. The second-order valence-electron chi connectivity index (χ2n) is 6.12. The highest BCUT2D eigenvalue weighted by Crippen LogP contribution is 2.32. The highest BCUT2D eigenvalue weighted by molar-refractivity contribution is 7.89. The lowest BCUT2D eigenvalue weighted by atomic mass is 10.1. The molecule has 1 saturated heterocycles. The van der Waals surface area contributed by atoms with Crippen LogP contribution < -0.4 is 10.1 Å². The number of nitrogens with zero attached hydrogens (tertiary/aromatic N) is 1. The number of aromatic hydroxyl groups is 1. The second kappa shape index (κ2) is 8.54. The maximum atomic E-state index is 13.5. The molecule has 0 spiro atoms. The summed E-state index contributed by atoms with van der Waals surface area (Å²) < 4.78 is 51.1. The van der Waals surface area contributed by atoms with E-state index in [9.17, 15) is 22.7 Å². The molecule has 2 N–H and O–H groups in total. The summed E-state index contributed by atoms with van der Waals surface area (Å²) in [6.45, 7) is 0.935. The van der Waals surface area contributed by atoms with Gasteiger partial charge in [-0.1, -0.05) is 11.6 Å². The van der Waals surface area contributed by atoms with Crippen molar-refractivity contribution >= 4 is 33.2 Å². The summed E-state index contributed by atoms with van der Waals surface area (Å²) >= 11 is 5.70. The van der Waals surface area contributed by atoms with Gasteiger partial charge in [0, 0.05) is 18.8 Å². The number of rotatable bonds is 5. The Hall–Kier alpha value is -2.40. The first-order chi connectivity index (χ1) is 13.7. The van der Waals surface area contributed by atoms with Crippen LogP contribution in [0.15, 0.2) is 35.2 Å². The van der Waals surface area contributed by atoms with E-state index in [1.54, 1.807) is 0 Å². The van der Waals surface area contributed by atoms with E-state index in [2.05, 4.69) is 5.32 Å². The summed E-state index contributed by atoms with van der Waals surface area (Å²) in [7, 11) is -2.57. The molecule has 0 unspecified atom stereocenters. The van der Waals surface area contributed by atoms with Crippen LogP contribution in [0.4, 0.5) is 10.1 Å². The molecule has 2 aromatic carbocycles. The Morgan fingerprint density at radius 1 is 1.28 bits per heavy atom. The van der Waals surface area contributed by atoms with Crippen LogP contribution in [0.1, 0.15) is 10.4 Å². The number of phenolic OH excluding ortho intramolecular Hbond substituents is 1. The van der Waals surface area contributed by atoms with Crippen LogP contribution in [-0.2, 0) is 14.8 Å². The van der Waals surface area contributed by atoms with Gasteiger partial charge in [-0.15, -0.1) is 0 Å². The Bertz CT molecular complexity index is 1040. The predicted octanol–water partition coefficient (Wildman–Crippen LogP) is 2.47. The number of hydrogen-bond donors (Lipinski definition) is 2. The summed E-state index contributed by atoms with van der Waals surface area (Å²) in [6, 6.07) is 5.74. The van der Waals surface area contributed by atoms with E-state index in [1.165, 1.54) is 29.6 Å². The monoisotopic (exact) mass is 444 g/mol. The number of carbonyl (C=O) groups excluding carboxylic acids is 1. The smallest absolute Gasteiger partial charge is 0.259 e. The third-order valence-electron chi connectivity index (χ3n) is 4.28. The van der Waals surface area contributed by atoms with E-state index in [0.717, 1.165) is 12.1 Å². The number of amides is 1. The van der Waals surface area contributed by atoms with Crippen molar-refractivity contribution in [3.05, 3.63) is 46.7 Å². The van der Waals surface area contributed by atoms with Gasteiger partial charge in [-0.05, 0) is 30.3 Å². The van der Waals surface area contributed by atoms with Crippen molar-refractivity contribution in [1.82, 2.24) is 4.31 Å². The largest absolute Gasteiger partial charge is 0.506 e. The number of carbonyl (C=O) groups is 1. The number of anilines is 1. The van der Waals surface area contributed by atoms with Gasteiger partial charge in [0.25, 0.3) is 5.91 Å². The van der Waals surface area contributed by atoms with Crippen LogP contribution in [0.5, 0.6) is 11.5 Å². The first kappa shape index (κ1) is 21.3. The minimum Gasteiger partial charge on any atom is -0.506 e. The topological polar surface area (TPSA) is 105 Å². The zero-order chi connectivity index (χ0) is 21.2.